The third-order valence-electron chi connectivity index (χ3n) is 2.70. The summed E-state index contributed by atoms with van der Waals surface area (Å²) < 4.78 is 26.4. The van der Waals surface area contributed by atoms with Crippen LogP contribution in [0.3, 0.4) is 0 Å². The van der Waals surface area contributed by atoms with Crippen molar-refractivity contribution in [2.45, 2.75) is 26.3 Å². The van der Waals surface area contributed by atoms with E-state index in [1.807, 2.05) is 13.8 Å². The minimum atomic E-state index is -0.579. The lowest BCUT2D eigenvalue weighted by Crippen LogP contribution is -2.24. The molecule has 2 rings (SSSR count). The first-order chi connectivity index (χ1) is 9.47. The van der Waals surface area contributed by atoms with E-state index in [0.717, 1.165) is 18.2 Å². The van der Waals surface area contributed by atoms with Crippen molar-refractivity contribution in [3.8, 4) is 0 Å². The van der Waals surface area contributed by atoms with Gasteiger partial charge in [0, 0.05) is 18.0 Å². The van der Waals surface area contributed by atoms with Crippen LogP contribution in [-0.2, 0) is 6.54 Å². The molecule has 2 N–H and O–H groups in total. The standard InChI is InChI=1S/C13H14F2N4O/c1-7(2)11-17-12(19-18-11)13(20)16-6-8-5-9(14)3-4-10(8)15/h3-5,7H,6H2,1-2H3,(H,16,20)(H,17,18,19). The first kappa shape index (κ1) is 14.1. The van der Waals surface area contributed by atoms with E-state index < -0.39 is 17.5 Å². The molecule has 0 fully saturated rings. The second-order valence-electron chi connectivity index (χ2n) is 4.62. The molecule has 0 saturated heterocycles. The second-order valence-corrected chi connectivity index (χ2v) is 4.62. The van der Waals surface area contributed by atoms with E-state index in [2.05, 4.69) is 20.5 Å². The van der Waals surface area contributed by atoms with Crippen molar-refractivity contribution in [3.05, 3.63) is 47.0 Å². The topological polar surface area (TPSA) is 70.7 Å². The largest absolute Gasteiger partial charge is 0.345 e. The number of benzene rings is 1. The predicted molar refractivity (Wildman–Crippen MR) is 68.0 cm³/mol. The fraction of sp³-hybridized carbons (Fsp3) is 0.308. The van der Waals surface area contributed by atoms with Crippen LogP contribution in [0.25, 0.3) is 0 Å². The molecule has 0 radical (unpaired) electrons. The van der Waals surface area contributed by atoms with Gasteiger partial charge in [-0.1, -0.05) is 13.8 Å². The highest BCUT2D eigenvalue weighted by atomic mass is 19.1. The highest BCUT2D eigenvalue weighted by Gasteiger charge is 2.14. The fourth-order valence-corrected chi connectivity index (χ4v) is 1.57. The molecule has 1 heterocycles. The molecule has 1 aromatic heterocycles. The Hall–Kier alpha value is -2.31. The van der Waals surface area contributed by atoms with Gasteiger partial charge >= 0.3 is 0 Å². The highest BCUT2D eigenvalue weighted by molar-refractivity contribution is 5.90. The molecule has 0 aliphatic heterocycles. The van der Waals surface area contributed by atoms with Gasteiger partial charge in [-0.2, -0.15) is 0 Å². The first-order valence-corrected chi connectivity index (χ1v) is 6.12. The summed E-state index contributed by atoms with van der Waals surface area (Å²) in [5.41, 5.74) is 0.0676. The van der Waals surface area contributed by atoms with Crippen LogP contribution in [-0.4, -0.2) is 21.1 Å². The summed E-state index contributed by atoms with van der Waals surface area (Å²) >= 11 is 0. The summed E-state index contributed by atoms with van der Waals surface area (Å²) in [5, 5.41) is 8.87. The molecule has 5 nitrogen and oxygen atoms in total. The lowest BCUT2D eigenvalue weighted by Gasteiger charge is -2.04. The molecule has 0 unspecified atom stereocenters. The number of hydrogen-bond donors (Lipinski definition) is 2. The summed E-state index contributed by atoms with van der Waals surface area (Å²) in [6.45, 7) is 3.68. The molecule has 0 atom stereocenters. The number of nitrogens with one attached hydrogen (secondary N) is 2. The van der Waals surface area contributed by atoms with Crippen LogP contribution >= 0.6 is 0 Å². The third-order valence-corrected chi connectivity index (χ3v) is 2.70. The van der Waals surface area contributed by atoms with E-state index in [0.29, 0.717) is 5.82 Å². The van der Waals surface area contributed by atoms with Gasteiger partial charge in [-0.15, -0.1) is 5.10 Å². The lowest BCUT2D eigenvalue weighted by molar-refractivity contribution is 0.0940. The zero-order valence-electron chi connectivity index (χ0n) is 11.1. The van der Waals surface area contributed by atoms with Gasteiger partial charge in [-0.25, -0.2) is 13.8 Å². The Labute approximate surface area is 114 Å². The average molecular weight is 280 g/mol. The van der Waals surface area contributed by atoms with Crippen molar-refractivity contribution in [1.82, 2.24) is 20.5 Å². The number of carbonyl (C=O) groups is 1. The minimum absolute atomic E-state index is 0.0227. The van der Waals surface area contributed by atoms with Crippen molar-refractivity contribution in [2.24, 2.45) is 0 Å². The summed E-state index contributed by atoms with van der Waals surface area (Å²) in [4.78, 5) is 15.8. The average Bonchev–Trinajstić information content (AvgIpc) is 2.89. The molecule has 2 aromatic rings. The predicted octanol–water partition coefficient (Wildman–Crippen LogP) is 2.14. The normalized spacial score (nSPS) is 10.8. The zero-order valence-corrected chi connectivity index (χ0v) is 11.1. The van der Waals surface area contributed by atoms with Gasteiger partial charge in [0.05, 0.1) is 0 Å². The third kappa shape index (κ3) is 3.17. The number of amides is 1. The number of hydrogen-bond acceptors (Lipinski definition) is 3. The number of halogens is 2. The molecule has 0 spiro atoms. The lowest BCUT2D eigenvalue weighted by atomic mass is 10.2. The molecule has 7 heteroatoms. The molecule has 1 aromatic carbocycles. The quantitative estimate of drug-likeness (QED) is 0.901. The molecule has 0 bridgehead atoms. The van der Waals surface area contributed by atoms with Crippen LogP contribution in [0.15, 0.2) is 18.2 Å². The molecular weight excluding hydrogens is 266 g/mol. The van der Waals surface area contributed by atoms with Crippen LogP contribution in [0.4, 0.5) is 8.78 Å². The van der Waals surface area contributed by atoms with Crippen molar-refractivity contribution >= 4 is 5.91 Å². The maximum Gasteiger partial charge on any atom is 0.291 e. The maximum atomic E-state index is 13.4. The number of nitrogens with zero attached hydrogens (tertiary/aromatic N) is 2. The van der Waals surface area contributed by atoms with Gasteiger partial charge < -0.3 is 5.32 Å². The Kier molecular flexibility index (Phi) is 4.07. The summed E-state index contributed by atoms with van der Waals surface area (Å²) in [7, 11) is 0. The maximum absolute atomic E-state index is 13.4. The van der Waals surface area contributed by atoms with Gasteiger partial charge in [-0.05, 0) is 18.2 Å². The molecule has 1 amide bonds. The van der Waals surface area contributed by atoms with Crippen LogP contribution in [0.2, 0.25) is 0 Å². The Morgan fingerprint density at radius 3 is 2.80 bits per heavy atom. The Bertz CT molecular complexity index is 625. The molecule has 106 valence electrons. The van der Waals surface area contributed by atoms with Crippen LogP contribution in [0.1, 0.15) is 41.8 Å². The van der Waals surface area contributed by atoms with E-state index in [-0.39, 0.29) is 23.9 Å². The highest BCUT2D eigenvalue weighted by Crippen LogP contribution is 2.10. The van der Waals surface area contributed by atoms with E-state index in [1.165, 1.54) is 0 Å². The van der Waals surface area contributed by atoms with Gasteiger partial charge in [0.2, 0.25) is 5.82 Å². The Balaban J connectivity index is 2.02. The Morgan fingerprint density at radius 1 is 1.40 bits per heavy atom. The van der Waals surface area contributed by atoms with Crippen LogP contribution < -0.4 is 5.32 Å². The number of aromatic amines is 1. The van der Waals surface area contributed by atoms with Gasteiger partial charge in [0.15, 0.2) is 0 Å². The van der Waals surface area contributed by atoms with Crippen LogP contribution in [0, 0.1) is 11.6 Å². The van der Waals surface area contributed by atoms with E-state index in [1.54, 1.807) is 0 Å². The van der Waals surface area contributed by atoms with Gasteiger partial charge in [0.1, 0.15) is 17.5 Å². The monoisotopic (exact) mass is 280 g/mol. The second kappa shape index (κ2) is 5.77. The fourth-order valence-electron chi connectivity index (χ4n) is 1.57. The number of rotatable bonds is 4. The van der Waals surface area contributed by atoms with E-state index >= 15 is 0 Å². The van der Waals surface area contributed by atoms with Crippen molar-refractivity contribution < 1.29 is 13.6 Å². The summed E-state index contributed by atoms with van der Waals surface area (Å²) in [6.07, 6.45) is 0. The minimum Gasteiger partial charge on any atom is -0.345 e. The molecule has 0 saturated carbocycles. The molecular formula is C13H14F2N4O. The number of H-pyrrole nitrogens is 1. The SMILES string of the molecule is CC(C)c1nc(C(=O)NCc2cc(F)ccc2F)n[nH]1. The summed E-state index contributed by atoms with van der Waals surface area (Å²) in [5.74, 6) is -1.00. The van der Waals surface area contributed by atoms with Crippen molar-refractivity contribution in [1.29, 1.82) is 0 Å². The molecule has 0 aliphatic carbocycles. The van der Waals surface area contributed by atoms with Gasteiger partial charge in [0.25, 0.3) is 5.91 Å². The smallest absolute Gasteiger partial charge is 0.291 e. The first-order valence-electron chi connectivity index (χ1n) is 6.12. The molecule has 0 aliphatic rings. The van der Waals surface area contributed by atoms with Crippen molar-refractivity contribution in [3.63, 3.8) is 0 Å². The number of carbonyl (C=O) groups excluding carboxylic acids is 1. The van der Waals surface area contributed by atoms with Crippen molar-refractivity contribution in [2.75, 3.05) is 0 Å². The van der Waals surface area contributed by atoms with Crippen LogP contribution in [0.5, 0.6) is 0 Å². The molecule has 20 heavy (non-hydrogen) atoms. The summed E-state index contributed by atoms with van der Waals surface area (Å²) in [6, 6.07) is 3.07. The van der Waals surface area contributed by atoms with E-state index in [4.69, 9.17) is 0 Å². The van der Waals surface area contributed by atoms with E-state index in [9.17, 15) is 13.6 Å². The Morgan fingerprint density at radius 2 is 2.15 bits per heavy atom. The van der Waals surface area contributed by atoms with Gasteiger partial charge in [-0.3, -0.25) is 9.89 Å². The zero-order chi connectivity index (χ0) is 14.7. The number of aromatic nitrogens is 3.